The molecule has 1 heterocycles. The van der Waals surface area contributed by atoms with E-state index in [9.17, 15) is 0 Å². The number of hydrogen-bond acceptors (Lipinski definition) is 2. The molecule has 0 aliphatic carbocycles. The molecule has 0 N–H and O–H groups in total. The van der Waals surface area contributed by atoms with Crippen molar-refractivity contribution in [3.63, 3.8) is 0 Å². The van der Waals surface area contributed by atoms with E-state index in [4.69, 9.17) is 9.47 Å². The summed E-state index contributed by atoms with van der Waals surface area (Å²) in [6.45, 7) is 4.79. The van der Waals surface area contributed by atoms with Gasteiger partial charge in [-0.15, -0.1) is 0 Å². The third kappa shape index (κ3) is 2.22. The third-order valence-electron chi connectivity index (χ3n) is 2.24. The molecule has 2 nitrogen and oxygen atoms in total. The van der Waals surface area contributed by atoms with Crippen LogP contribution >= 0.6 is 0 Å². The predicted octanol–water partition coefficient (Wildman–Crippen LogP) is 2.16. The zero-order valence-electron chi connectivity index (χ0n) is 7.99. The van der Waals surface area contributed by atoms with Crippen LogP contribution in [-0.2, 0) is 4.74 Å². The molecule has 1 aliphatic rings. The normalized spacial score (nSPS) is 25.7. The monoisotopic (exact) mass is 178 g/mol. The van der Waals surface area contributed by atoms with Gasteiger partial charge in [0, 0.05) is 0 Å². The summed E-state index contributed by atoms with van der Waals surface area (Å²) in [5, 5.41) is 0. The Kier molecular flexibility index (Phi) is 2.23. The molecule has 13 heavy (non-hydrogen) atoms. The van der Waals surface area contributed by atoms with E-state index in [1.54, 1.807) is 0 Å². The van der Waals surface area contributed by atoms with Crippen molar-refractivity contribution in [1.82, 2.24) is 0 Å². The number of hydrogen-bond donors (Lipinski definition) is 0. The van der Waals surface area contributed by atoms with Crippen molar-refractivity contribution in [2.24, 2.45) is 0 Å². The first-order valence-corrected chi connectivity index (χ1v) is 4.60. The second-order valence-corrected chi connectivity index (χ2v) is 3.51. The first-order valence-electron chi connectivity index (χ1n) is 4.60. The molecule has 1 aromatic rings. The van der Waals surface area contributed by atoms with Crippen molar-refractivity contribution in [1.29, 1.82) is 0 Å². The van der Waals surface area contributed by atoms with Gasteiger partial charge in [0.05, 0.1) is 6.10 Å². The minimum absolute atomic E-state index is 0.306. The smallest absolute Gasteiger partial charge is 0.119 e. The van der Waals surface area contributed by atoms with Crippen LogP contribution in [0.3, 0.4) is 0 Å². The fourth-order valence-electron chi connectivity index (χ4n) is 1.29. The first-order chi connectivity index (χ1) is 6.25. The van der Waals surface area contributed by atoms with E-state index < -0.39 is 0 Å². The molecular formula is C11H14O2. The van der Waals surface area contributed by atoms with Gasteiger partial charge in [-0.25, -0.2) is 0 Å². The summed E-state index contributed by atoms with van der Waals surface area (Å²) >= 11 is 0. The topological polar surface area (TPSA) is 21.8 Å². The van der Waals surface area contributed by atoms with E-state index in [0.29, 0.717) is 18.8 Å². The molecule has 70 valence electrons. The molecule has 0 amide bonds. The van der Waals surface area contributed by atoms with Gasteiger partial charge < -0.3 is 9.47 Å². The molecule has 2 atom stereocenters. The van der Waals surface area contributed by atoms with Crippen LogP contribution in [-0.4, -0.2) is 18.8 Å². The molecule has 1 aliphatic heterocycles. The van der Waals surface area contributed by atoms with Gasteiger partial charge in [0.1, 0.15) is 18.5 Å². The SMILES string of the molecule is Cc1cccc(OCC2OC2C)c1. The minimum Gasteiger partial charge on any atom is -0.491 e. The Morgan fingerprint density at radius 1 is 1.46 bits per heavy atom. The van der Waals surface area contributed by atoms with Crippen LogP contribution in [0.5, 0.6) is 5.75 Å². The van der Waals surface area contributed by atoms with Gasteiger partial charge >= 0.3 is 0 Å². The van der Waals surface area contributed by atoms with Gasteiger partial charge in [-0.05, 0) is 31.5 Å². The lowest BCUT2D eigenvalue weighted by atomic mass is 10.2. The van der Waals surface area contributed by atoms with Gasteiger partial charge in [0.2, 0.25) is 0 Å². The molecular weight excluding hydrogens is 164 g/mol. The second-order valence-electron chi connectivity index (χ2n) is 3.51. The molecule has 2 unspecified atom stereocenters. The molecule has 0 spiro atoms. The quantitative estimate of drug-likeness (QED) is 0.661. The Morgan fingerprint density at radius 2 is 2.23 bits per heavy atom. The minimum atomic E-state index is 0.306. The van der Waals surface area contributed by atoms with Gasteiger partial charge in [0.25, 0.3) is 0 Å². The fourth-order valence-corrected chi connectivity index (χ4v) is 1.29. The zero-order chi connectivity index (χ0) is 9.26. The van der Waals surface area contributed by atoms with Crippen molar-refractivity contribution in [2.45, 2.75) is 26.1 Å². The molecule has 0 bridgehead atoms. The number of epoxide rings is 1. The van der Waals surface area contributed by atoms with E-state index in [0.717, 1.165) is 5.75 Å². The Balaban J connectivity index is 1.87. The second kappa shape index (κ2) is 3.38. The molecule has 1 aromatic carbocycles. The number of benzene rings is 1. The number of ether oxygens (including phenoxy) is 2. The Labute approximate surface area is 78.5 Å². The van der Waals surface area contributed by atoms with Crippen LogP contribution in [0.4, 0.5) is 0 Å². The van der Waals surface area contributed by atoms with Crippen molar-refractivity contribution >= 4 is 0 Å². The average molecular weight is 178 g/mol. The summed E-state index contributed by atoms with van der Waals surface area (Å²) in [5.41, 5.74) is 1.22. The van der Waals surface area contributed by atoms with E-state index in [1.807, 2.05) is 18.2 Å². The Morgan fingerprint density at radius 3 is 2.85 bits per heavy atom. The van der Waals surface area contributed by atoms with E-state index in [1.165, 1.54) is 5.56 Å². The summed E-state index contributed by atoms with van der Waals surface area (Å²) in [4.78, 5) is 0. The van der Waals surface area contributed by atoms with Gasteiger partial charge in [0.15, 0.2) is 0 Å². The molecule has 1 fully saturated rings. The van der Waals surface area contributed by atoms with Crippen molar-refractivity contribution in [3.05, 3.63) is 29.8 Å². The van der Waals surface area contributed by atoms with Crippen LogP contribution in [0, 0.1) is 6.92 Å². The third-order valence-corrected chi connectivity index (χ3v) is 2.24. The van der Waals surface area contributed by atoms with Gasteiger partial charge in [-0.3, -0.25) is 0 Å². The van der Waals surface area contributed by atoms with Gasteiger partial charge in [-0.2, -0.15) is 0 Å². The number of rotatable bonds is 3. The van der Waals surface area contributed by atoms with E-state index in [2.05, 4.69) is 19.9 Å². The van der Waals surface area contributed by atoms with Crippen LogP contribution in [0.15, 0.2) is 24.3 Å². The standard InChI is InChI=1S/C11H14O2/c1-8-4-3-5-10(6-8)12-7-11-9(2)13-11/h3-6,9,11H,7H2,1-2H3. The van der Waals surface area contributed by atoms with E-state index >= 15 is 0 Å². The molecule has 2 rings (SSSR count). The summed E-state index contributed by atoms with van der Waals surface area (Å²) in [6, 6.07) is 8.07. The lowest BCUT2D eigenvalue weighted by molar-refractivity contribution is 0.260. The summed E-state index contributed by atoms with van der Waals surface area (Å²) < 4.78 is 10.8. The maximum absolute atomic E-state index is 5.56. The molecule has 0 aromatic heterocycles. The lowest BCUT2D eigenvalue weighted by Crippen LogP contribution is -2.06. The van der Waals surface area contributed by atoms with Crippen LogP contribution < -0.4 is 4.74 Å². The Bertz CT molecular complexity index is 296. The number of aryl methyl sites for hydroxylation is 1. The molecule has 2 heteroatoms. The molecule has 1 saturated heterocycles. The van der Waals surface area contributed by atoms with Crippen LogP contribution in [0.2, 0.25) is 0 Å². The maximum Gasteiger partial charge on any atom is 0.119 e. The highest BCUT2D eigenvalue weighted by Gasteiger charge is 2.34. The first kappa shape index (κ1) is 8.57. The van der Waals surface area contributed by atoms with Crippen molar-refractivity contribution in [2.75, 3.05) is 6.61 Å². The summed E-state index contributed by atoms with van der Waals surface area (Å²) in [7, 11) is 0. The highest BCUT2D eigenvalue weighted by atomic mass is 16.6. The summed E-state index contributed by atoms with van der Waals surface area (Å²) in [6.07, 6.45) is 0.685. The van der Waals surface area contributed by atoms with Crippen LogP contribution in [0.25, 0.3) is 0 Å². The molecule has 0 saturated carbocycles. The van der Waals surface area contributed by atoms with Crippen LogP contribution in [0.1, 0.15) is 12.5 Å². The fraction of sp³-hybridized carbons (Fsp3) is 0.455. The maximum atomic E-state index is 5.56. The van der Waals surface area contributed by atoms with Crippen molar-refractivity contribution < 1.29 is 9.47 Å². The average Bonchev–Trinajstić information content (AvgIpc) is 2.79. The zero-order valence-corrected chi connectivity index (χ0v) is 7.99. The van der Waals surface area contributed by atoms with Crippen molar-refractivity contribution in [3.8, 4) is 5.75 Å². The highest BCUT2D eigenvalue weighted by molar-refractivity contribution is 5.27. The Hall–Kier alpha value is -1.02. The van der Waals surface area contributed by atoms with Gasteiger partial charge in [-0.1, -0.05) is 12.1 Å². The lowest BCUT2D eigenvalue weighted by Gasteiger charge is -2.04. The predicted molar refractivity (Wildman–Crippen MR) is 51.0 cm³/mol. The highest BCUT2D eigenvalue weighted by Crippen LogP contribution is 2.22. The summed E-state index contributed by atoms with van der Waals surface area (Å²) in [5.74, 6) is 0.933. The largest absolute Gasteiger partial charge is 0.491 e. The molecule has 0 radical (unpaired) electrons. The van der Waals surface area contributed by atoms with E-state index in [-0.39, 0.29) is 0 Å².